The van der Waals surface area contributed by atoms with Gasteiger partial charge in [0, 0.05) is 44.8 Å². The van der Waals surface area contributed by atoms with E-state index in [4.69, 9.17) is 14.5 Å². The Bertz CT molecular complexity index is 643. The molecule has 0 saturated carbocycles. The summed E-state index contributed by atoms with van der Waals surface area (Å²) in [4.78, 5) is 7.35. The van der Waals surface area contributed by atoms with Crippen LogP contribution in [0.25, 0.3) is 0 Å². The highest BCUT2D eigenvalue weighted by molar-refractivity contribution is 5.79. The predicted octanol–water partition coefficient (Wildman–Crippen LogP) is 3.56. The van der Waals surface area contributed by atoms with E-state index >= 15 is 0 Å². The number of hydrogen-bond donors (Lipinski definition) is 2. The van der Waals surface area contributed by atoms with Crippen molar-refractivity contribution in [2.24, 2.45) is 10.9 Å². The maximum Gasteiger partial charge on any atom is 0.191 e. The largest absolute Gasteiger partial charge is 0.381 e. The van der Waals surface area contributed by atoms with Gasteiger partial charge < -0.3 is 20.1 Å². The molecule has 2 atom stereocenters. The maximum absolute atomic E-state index is 5.78. The fourth-order valence-corrected chi connectivity index (χ4v) is 4.23. The lowest BCUT2D eigenvalue weighted by Gasteiger charge is -2.33. The minimum atomic E-state index is 0.585. The molecule has 0 aromatic heterocycles. The highest BCUT2D eigenvalue weighted by Crippen LogP contribution is 2.19. The average molecular weight is 431 g/mol. The maximum atomic E-state index is 5.78. The van der Waals surface area contributed by atoms with Gasteiger partial charge in [-0.25, -0.2) is 4.99 Å². The van der Waals surface area contributed by atoms with Crippen molar-refractivity contribution in [1.29, 1.82) is 0 Å². The molecule has 31 heavy (non-hydrogen) atoms. The van der Waals surface area contributed by atoms with Gasteiger partial charge >= 0.3 is 0 Å². The van der Waals surface area contributed by atoms with Crippen LogP contribution < -0.4 is 10.6 Å². The van der Waals surface area contributed by atoms with Crippen molar-refractivity contribution in [3.8, 4) is 0 Å². The van der Waals surface area contributed by atoms with Crippen molar-refractivity contribution in [1.82, 2.24) is 15.5 Å². The number of nitrogens with one attached hydrogen (secondary N) is 2. The van der Waals surface area contributed by atoms with Gasteiger partial charge in [-0.1, -0.05) is 30.7 Å². The summed E-state index contributed by atoms with van der Waals surface area (Å²) in [5, 5.41) is 6.75. The first kappa shape index (κ1) is 24.0. The van der Waals surface area contributed by atoms with Crippen molar-refractivity contribution in [3.05, 3.63) is 35.4 Å². The van der Waals surface area contributed by atoms with Gasteiger partial charge in [0.2, 0.25) is 0 Å². The second-order valence-corrected chi connectivity index (χ2v) is 8.91. The lowest BCUT2D eigenvalue weighted by atomic mass is 10.0. The topological polar surface area (TPSA) is 58.1 Å². The molecule has 2 fully saturated rings. The molecule has 0 aliphatic carbocycles. The Labute approximate surface area is 188 Å². The normalized spacial score (nSPS) is 22.6. The number of aliphatic imine (C=N–C) groups is 1. The van der Waals surface area contributed by atoms with Gasteiger partial charge in [0.05, 0.1) is 19.8 Å². The second-order valence-electron chi connectivity index (χ2n) is 8.91. The van der Waals surface area contributed by atoms with Crippen LogP contribution in [-0.4, -0.2) is 63.0 Å². The molecule has 0 bridgehead atoms. The van der Waals surface area contributed by atoms with Crippen LogP contribution in [0.2, 0.25) is 0 Å². The summed E-state index contributed by atoms with van der Waals surface area (Å²) in [6.07, 6.45) is 6.14. The first-order valence-corrected chi connectivity index (χ1v) is 12.2. The Morgan fingerprint density at radius 2 is 2.00 bits per heavy atom. The van der Waals surface area contributed by atoms with E-state index in [2.05, 4.69) is 53.6 Å². The van der Waals surface area contributed by atoms with E-state index in [9.17, 15) is 0 Å². The lowest BCUT2D eigenvalue weighted by Crippen LogP contribution is -2.38. The number of hydrogen-bond acceptors (Lipinski definition) is 4. The van der Waals surface area contributed by atoms with Gasteiger partial charge in [-0.15, -0.1) is 0 Å². The molecule has 2 saturated heterocycles. The quantitative estimate of drug-likeness (QED) is 0.319. The molecular formula is C25H42N4O2. The van der Waals surface area contributed by atoms with Crippen LogP contribution in [0, 0.1) is 5.92 Å². The van der Waals surface area contributed by atoms with Crippen LogP contribution in [0.1, 0.15) is 57.1 Å². The van der Waals surface area contributed by atoms with Crippen LogP contribution in [0.5, 0.6) is 0 Å². The summed E-state index contributed by atoms with van der Waals surface area (Å²) >= 11 is 0. The van der Waals surface area contributed by atoms with E-state index in [-0.39, 0.29) is 0 Å². The molecule has 3 rings (SSSR count). The minimum Gasteiger partial charge on any atom is -0.381 e. The monoisotopic (exact) mass is 430 g/mol. The number of ether oxygens (including phenoxy) is 2. The fraction of sp³-hybridized carbons (Fsp3) is 0.720. The van der Waals surface area contributed by atoms with E-state index in [1.54, 1.807) is 0 Å². The van der Waals surface area contributed by atoms with Gasteiger partial charge in [-0.3, -0.25) is 4.90 Å². The molecule has 2 heterocycles. The average Bonchev–Trinajstić information content (AvgIpc) is 3.30. The molecule has 0 spiro atoms. The van der Waals surface area contributed by atoms with E-state index in [0.717, 1.165) is 64.9 Å². The van der Waals surface area contributed by atoms with E-state index in [1.165, 1.54) is 36.9 Å². The molecule has 0 amide bonds. The summed E-state index contributed by atoms with van der Waals surface area (Å²) in [5.41, 5.74) is 2.64. The third kappa shape index (κ3) is 8.79. The first-order valence-electron chi connectivity index (χ1n) is 12.2. The van der Waals surface area contributed by atoms with E-state index in [1.807, 2.05) is 0 Å². The molecule has 1 aromatic carbocycles. The van der Waals surface area contributed by atoms with E-state index < -0.39 is 0 Å². The highest BCUT2D eigenvalue weighted by Gasteiger charge is 2.18. The second kappa shape index (κ2) is 13.7. The van der Waals surface area contributed by atoms with Gasteiger partial charge in [0.25, 0.3) is 0 Å². The molecule has 6 heteroatoms. The zero-order chi connectivity index (χ0) is 21.7. The smallest absolute Gasteiger partial charge is 0.191 e. The number of benzene rings is 1. The molecule has 174 valence electrons. The molecule has 1 aromatic rings. The predicted molar refractivity (Wildman–Crippen MR) is 127 cm³/mol. The standard InChI is InChI=1S/C25H42N4O2/c1-3-26-25(27-13-6-15-30-19-24-12-16-31-20-24)28-17-22-8-10-23(11-9-22)18-29-14-5-4-7-21(29)2/h8-11,21,24H,3-7,12-20H2,1-2H3,(H2,26,27,28). The zero-order valence-corrected chi connectivity index (χ0v) is 19.6. The highest BCUT2D eigenvalue weighted by atomic mass is 16.5. The third-order valence-corrected chi connectivity index (χ3v) is 6.25. The fourth-order valence-electron chi connectivity index (χ4n) is 4.23. The zero-order valence-electron chi connectivity index (χ0n) is 19.6. The molecular weight excluding hydrogens is 388 g/mol. The van der Waals surface area contributed by atoms with Crippen LogP contribution in [-0.2, 0) is 22.6 Å². The molecule has 6 nitrogen and oxygen atoms in total. The molecule has 2 unspecified atom stereocenters. The molecule has 2 aliphatic heterocycles. The third-order valence-electron chi connectivity index (χ3n) is 6.25. The molecule has 0 radical (unpaired) electrons. The van der Waals surface area contributed by atoms with Crippen molar-refractivity contribution < 1.29 is 9.47 Å². The van der Waals surface area contributed by atoms with Gasteiger partial charge in [0.15, 0.2) is 5.96 Å². The number of piperidine rings is 1. The van der Waals surface area contributed by atoms with Crippen molar-refractivity contribution in [2.45, 2.75) is 65.1 Å². The van der Waals surface area contributed by atoms with Crippen LogP contribution in [0.3, 0.4) is 0 Å². The number of rotatable bonds is 11. The van der Waals surface area contributed by atoms with Crippen molar-refractivity contribution in [3.63, 3.8) is 0 Å². The molecule has 2 N–H and O–H groups in total. The summed E-state index contributed by atoms with van der Waals surface area (Å²) in [6.45, 7) is 12.5. The Hall–Kier alpha value is -1.63. The number of guanidine groups is 1. The summed E-state index contributed by atoms with van der Waals surface area (Å²) in [6, 6.07) is 9.67. The summed E-state index contributed by atoms with van der Waals surface area (Å²) in [5.74, 6) is 1.46. The van der Waals surface area contributed by atoms with E-state index in [0.29, 0.717) is 18.5 Å². The Balaban J connectivity index is 1.36. The van der Waals surface area contributed by atoms with Crippen LogP contribution in [0.15, 0.2) is 29.3 Å². The van der Waals surface area contributed by atoms with Gasteiger partial charge in [-0.05, 0) is 57.2 Å². The van der Waals surface area contributed by atoms with Gasteiger partial charge in [-0.2, -0.15) is 0 Å². The van der Waals surface area contributed by atoms with Gasteiger partial charge in [0.1, 0.15) is 0 Å². The lowest BCUT2D eigenvalue weighted by molar-refractivity contribution is 0.0888. The van der Waals surface area contributed by atoms with Crippen LogP contribution in [0.4, 0.5) is 0 Å². The van der Waals surface area contributed by atoms with Crippen molar-refractivity contribution in [2.75, 3.05) is 46.1 Å². The van der Waals surface area contributed by atoms with Crippen LogP contribution >= 0.6 is 0 Å². The summed E-state index contributed by atoms with van der Waals surface area (Å²) in [7, 11) is 0. The SMILES string of the molecule is CCNC(=NCc1ccc(CN2CCCCC2C)cc1)NCCCOCC1CCOC1. The summed E-state index contributed by atoms with van der Waals surface area (Å²) < 4.78 is 11.2. The number of nitrogens with zero attached hydrogens (tertiary/aromatic N) is 2. The Kier molecular flexibility index (Phi) is 10.6. The van der Waals surface area contributed by atoms with Crippen molar-refractivity contribution >= 4 is 5.96 Å². The Morgan fingerprint density at radius 3 is 2.74 bits per heavy atom. The first-order chi connectivity index (χ1) is 15.2. The minimum absolute atomic E-state index is 0.585. The molecule has 2 aliphatic rings. The Morgan fingerprint density at radius 1 is 1.16 bits per heavy atom. The number of likely N-dealkylation sites (tertiary alicyclic amines) is 1.